The summed E-state index contributed by atoms with van der Waals surface area (Å²) in [6, 6.07) is 11.1. The number of rotatable bonds is 1. The van der Waals surface area contributed by atoms with Gasteiger partial charge in [0, 0.05) is 18.5 Å². The number of furan rings is 1. The van der Waals surface area contributed by atoms with Crippen LogP contribution in [0.25, 0.3) is 0 Å². The number of benzene rings is 1. The van der Waals surface area contributed by atoms with Crippen LogP contribution in [-0.4, -0.2) is 6.54 Å². The molecule has 2 nitrogen and oxygen atoms in total. The summed E-state index contributed by atoms with van der Waals surface area (Å²) in [5, 5.41) is 3.57. The Morgan fingerprint density at radius 3 is 2.94 bits per heavy atom. The molecule has 1 N–H and O–H groups in total. The van der Waals surface area contributed by atoms with Crippen LogP contribution in [0.15, 0.2) is 34.7 Å². The van der Waals surface area contributed by atoms with Crippen LogP contribution in [0.3, 0.4) is 0 Å². The van der Waals surface area contributed by atoms with Gasteiger partial charge in [-0.3, -0.25) is 0 Å². The van der Waals surface area contributed by atoms with Gasteiger partial charge in [0.1, 0.15) is 11.5 Å². The molecule has 1 atom stereocenters. The van der Waals surface area contributed by atoms with E-state index in [1.165, 1.54) is 16.7 Å². The van der Waals surface area contributed by atoms with Crippen molar-refractivity contribution in [2.24, 2.45) is 0 Å². The van der Waals surface area contributed by atoms with E-state index in [1.807, 2.05) is 6.92 Å². The zero-order chi connectivity index (χ0) is 11.8. The van der Waals surface area contributed by atoms with Crippen LogP contribution < -0.4 is 5.32 Å². The van der Waals surface area contributed by atoms with E-state index in [1.54, 1.807) is 0 Å². The van der Waals surface area contributed by atoms with E-state index < -0.39 is 0 Å². The van der Waals surface area contributed by atoms with Crippen molar-refractivity contribution in [2.75, 3.05) is 6.54 Å². The lowest BCUT2D eigenvalue weighted by atomic mass is 9.94. The molecule has 0 fully saturated rings. The average molecular weight is 227 g/mol. The highest BCUT2D eigenvalue weighted by Gasteiger charge is 2.24. The van der Waals surface area contributed by atoms with Crippen LogP contribution in [0.1, 0.15) is 34.3 Å². The molecule has 0 aliphatic carbocycles. The summed E-state index contributed by atoms with van der Waals surface area (Å²) in [4.78, 5) is 0. The van der Waals surface area contributed by atoms with Crippen LogP contribution in [-0.2, 0) is 6.42 Å². The molecule has 2 heteroatoms. The first-order valence-corrected chi connectivity index (χ1v) is 6.13. The number of fused-ring (bicyclic) bond motifs is 1. The van der Waals surface area contributed by atoms with Crippen molar-refractivity contribution >= 4 is 0 Å². The Balaban J connectivity index is 2.05. The van der Waals surface area contributed by atoms with Gasteiger partial charge in [0.05, 0.1) is 6.04 Å². The number of nitrogens with one attached hydrogen (secondary N) is 1. The van der Waals surface area contributed by atoms with Gasteiger partial charge in [-0.15, -0.1) is 0 Å². The molecule has 2 heterocycles. The molecule has 0 radical (unpaired) electrons. The highest BCUT2D eigenvalue weighted by Crippen LogP contribution is 2.31. The average Bonchev–Trinajstić information content (AvgIpc) is 2.68. The molecule has 1 aliphatic rings. The topological polar surface area (TPSA) is 25.2 Å². The molecular formula is C15H17NO. The molecule has 0 saturated carbocycles. The van der Waals surface area contributed by atoms with Gasteiger partial charge in [0.2, 0.25) is 0 Å². The lowest BCUT2D eigenvalue weighted by Crippen LogP contribution is -2.29. The molecule has 0 bridgehead atoms. The molecule has 0 saturated heterocycles. The largest absolute Gasteiger partial charge is 0.466 e. The summed E-state index contributed by atoms with van der Waals surface area (Å²) < 4.78 is 5.75. The maximum absolute atomic E-state index is 5.75. The SMILES string of the molecule is Cc1cccc(C2NCCc3oc(C)cc32)c1. The van der Waals surface area contributed by atoms with E-state index in [0.29, 0.717) is 0 Å². The minimum absolute atomic E-state index is 0.288. The molecule has 1 aliphatic heterocycles. The molecule has 88 valence electrons. The Bertz CT molecular complexity index is 542. The van der Waals surface area contributed by atoms with Gasteiger partial charge in [-0.05, 0) is 25.5 Å². The zero-order valence-corrected chi connectivity index (χ0v) is 10.3. The molecule has 0 amide bonds. The fourth-order valence-corrected chi connectivity index (χ4v) is 2.61. The molecule has 2 aromatic rings. The molecule has 1 aromatic carbocycles. The highest BCUT2D eigenvalue weighted by molar-refractivity contribution is 5.38. The van der Waals surface area contributed by atoms with Gasteiger partial charge in [-0.25, -0.2) is 0 Å². The monoisotopic (exact) mass is 227 g/mol. The summed E-state index contributed by atoms with van der Waals surface area (Å²) in [5.74, 6) is 2.16. The number of hydrogen-bond donors (Lipinski definition) is 1. The number of aryl methyl sites for hydroxylation is 2. The summed E-state index contributed by atoms with van der Waals surface area (Å²) in [5.41, 5.74) is 3.93. The van der Waals surface area contributed by atoms with Crippen LogP contribution in [0.2, 0.25) is 0 Å². The lowest BCUT2D eigenvalue weighted by molar-refractivity contribution is 0.441. The van der Waals surface area contributed by atoms with Crippen molar-refractivity contribution in [3.05, 3.63) is 58.5 Å². The van der Waals surface area contributed by atoms with E-state index in [0.717, 1.165) is 24.5 Å². The second-order valence-electron chi connectivity index (χ2n) is 4.79. The summed E-state index contributed by atoms with van der Waals surface area (Å²) in [6.45, 7) is 5.14. The third kappa shape index (κ3) is 1.89. The predicted octanol–water partition coefficient (Wildman–Crippen LogP) is 3.13. The minimum Gasteiger partial charge on any atom is -0.466 e. The number of hydrogen-bond acceptors (Lipinski definition) is 2. The first-order chi connectivity index (χ1) is 8.24. The Labute approximate surface area is 102 Å². The predicted molar refractivity (Wildman–Crippen MR) is 68.2 cm³/mol. The first-order valence-electron chi connectivity index (χ1n) is 6.13. The Morgan fingerprint density at radius 2 is 2.12 bits per heavy atom. The van der Waals surface area contributed by atoms with E-state index in [2.05, 4.69) is 42.6 Å². The zero-order valence-electron chi connectivity index (χ0n) is 10.3. The minimum atomic E-state index is 0.288. The summed E-state index contributed by atoms with van der Waals surface area (Å²) >= 11 is 0. The van der Waals surface area contributed by atoms with Gasteiger partial charge in [0.25, 0.3) is 0 Å². The normalized spacial score (nSPS) is 19.1. The van der Waals surface area contributed by atoms with Gasteiger partial charge in [-0.1, -0.05) is 29.8 Å². The van der Waals surface area contributed by atoms with Crippen molar-refractivity contribution in [1.82, 2.24) is 5.32 Å². The van der Waals surface area contributed by atoms with Crippen LogP contribution in [0, 0.1) is 13.8 Å². The maximum Gasteiger partial charge on any atom is 0.110 e. The van der Waals surface area contributed by atoms with Crippen molar-refractivity contribution in [3.63, 3.8) is 0 Å². The van der Waals surface area contributed by atoms with Crippen LogP contribution >= 0.6 is 0 Å². The van der Waals surface area contributed by atoms with Crippen LogP contribution in [0.5, 0.6) is 0 Å². The first kappa shape index (κ1) is 10.6. The van der Waals surface area contributed by atoms with Gasteiger partial charge >= 0.3 is 0 Å². The fraction of sp³-hybridized carbons (Fsp3) is 0.333. The van der Waals surface area contributed by atoms with Crippen molar-refractivity contribution in [2.45, 2.75) is 26.3 Å². The van der Waals surface area contributed by atoms with Crippen molar-refractivity contribution in [1.29, 1.82) is 0 Å². The van der Waals surface area contributed by atoms with E-state index in [4.69, 9.17) is 4.42 Å². The van der Waals surface area contributed by atoms with E-state index in [9.17, 15) is 0 Å². The van der Waals surface area contributed by atoms with E-state index in [-0.39, 0.29) is 6.04 Å². The lowest BCUT2D eigenvalue weighted by Gasteiger charge is -2.23. The second-order valence-corrected chi connectivity index (χ2v) is 4.79. The molecule has 0 spiro atoms. The third-order valence-electron chi connectivity index (χ3n) is 3.35. The summed E-state index contributed by atoms with van der Waals surface area (Å²) in [6.07, 6.45) is 0.992. The van der Waals surface area contributed by atoms with Gasteiger partial charge < -0.3 is 9.73 Å². The molecular weight excluding hydrogens is 210 g/mol. The smallest absolute Gasteiger partial charge is 0.110 e. The second kappa shape index (κ2) is 4.04. The van der Waals surface area contributed by atoms with E-state index >= 15 is 0 Å². The van der Waals surface area contributed by atoms with Crippen molar-refractivity contribution < 1.29 is 4.42 Å². The fourth-order valence-electron chi connectivity index (χ4n) is 2.61. The molecule has 3 rings (SSSR count). The highest BCUT2D eigenvalue weighted by atomic mass is 16.3. The summed E-state index contributed by atoms with van der Waals surface area (Å²) in [7, 11) is 0. The van der Waals surface area contributed by atoms with Gasteiger partial charge in [-0.2, -0.15) is 0 Å². The maximum atomic E-state index is 5.75. The Hall–Kier alpha value is -1.54. The van der Waals surface area contributed by atoms with Gasteiger partial charge in [0.15, 0.2) is 0 Å². The standard InChI is InChI=1S/C15H17NO/c1-10-4-3-5-12(8-10)15-13-9-11(2)17-14(13)6-7-16-15/h3-5,8-9,15-16H,6-7H2,1-2H3. The third-order valence-corrected chi connectivity index (χ3v) is 3.35. The molecule has 1 unspecified atom stereocenters. The molecule has 1 aromatic heterocycles. The quantitative estimate of drug-likeness (QED) is 0.809. The van der Waals surface area contributed by atoms with Crippen molar-refractivity contribution in [3.8, 4) is 0 Å². The van der Waals surface area contributed by atoms with Crippen LogP contribution in [0.4, 0.5) is 0 Å². The Morgan fingerprint density at radius 1 is 1.24 bits per heavy atom. The Kier molecular flexibility index (Phi) is 2.52. The molecule has 17 heavy (non-hydrogen) atoms.